The van der Waals surface area contributed by atoms with E-state index in [4.69, 9.17) is 4.74 Å². The third-order valence-electron chi connectivity index (χ3n) is 3.20. The third kappa shape index (κ3) is 2.87. The molecule has 1 atom stereocenters. The molecule has 1 N–H and O–H groups in total. The first-order chi connectivity index (χ1) is 8.35. The van der Waals surface area contributed by atoms with Crippen LogP contribution >= 0.6 is 0 Å². The van der Waals surface area contributed by atoms with Crippen molar-refractivity contribution >= 4 is 0 Å². The molecule has 0 aromatic heterocycles. The Morgan fingerprint density at radius 2 is 2.18 bits per heavy atom. The molecule has 0 saturated carbocycles. The van der Waals surface area contributed by atoms with Crippen molar-refractivity contribution < 1.29 is 4.74 Å². The first-order valence-electron chi connectivity index (χ1n) is 6.06. The molecule has 1 heterocycles. The van der Waals surface area contributed by atoms with E-state index in [0.29, 0.717) is 0 Å². The van der Waals surface area contributed by atoms with Crippen LogP contribution in [0.4, 0.5) is 0 Å². The number of piperazine rings is 1. The summed E-state index contributed by atoms with van der Waals surface area (Å²) in [5, 5.41) is 3.37. The van der Waals surface area contributed by atoms with Gasteiger partial charge in [0.25, 0.3) is 0 Å². The van der Waals surface area contributed by atoms with Gasteiger partial charge in [0.15, 0.2) is 0 Å². The molecular weight excluding hydrogens is 212 g/mol. The summed E-state index contributed by atoms with van der Waals surface area (Å²) < 4.78 is 5.27. The minimum atomic E-state index is 0.284. The molecule has 0 unspecified atom stereocenters. The first-order valence-corrected chi connectivity index (χ1v) is 6.06. The first kappa shape index (κ1) is 12.1. The van der Waals surface area contributed by atoms with Crippen molar-refractivity contribution in [2.24, 2.45) is 0 Å². The number of nitrogens with one attached hydrogen (secondary N) is 1. The molecule has 1 aromatic rings. The average Bonchev–Trinajstić information content (AvgIpc) is 2.41. The van der Waals surface area contributed by atoms with Crippen LogP contribution in [0.2, 0.25) is 0 Å². The summed E-state index contributed by atoms with van der Waals surface area (Å²) in [6.45, 7) is 8.19. The van der Waals surface area contributed by atoms with Crippen molar-refractivity contribution in [3.63, 3.8) is 0 Å². The Kier molecular flexibility index (Phi) is 4.18. The highest BCUT2D eigenvalue weighted by atomic mass is 16.5. The van der Waals surface area contributed by atoms with Crippen LogP contribution in [0.1, 0.15) is 11.6 Å². The number of hydrogen-bond donors (Lipinski definition) is 1. The maximum Gasteiger partial charge on any atom is 0.119 e. The van der Waals surface area contributed by atoms with Gasteiger partial charge in [0.1, 0.15) is 5.75 Å². The minimum Gasteiger partial charge on any atom is -0.497 e. The normalized spacial score (nSPS) is 18.6. The predicted molar refractivity (Wildman–Crippen MR) is 70.4 cm³/mol. The second-order valence-electron chi connectivity index (χ2n) is 4.24. The number of methoxy groups -OCH3 is 1. The Bertz CT molecular complexity index is 372. The van der Waals surface area contributed by atoms with Crippen LogP contribution < -0.4 is 10.1 Å². The van der Waals surface area contributed by atoms with Gasteiger partial charge in [-0.1, -0.05) is 18.2 Å². The molecule has 0 amide bonds. The molecule has 0 radical (unpaired) electrons. The maximum atomic E-state index is 5.27. The molecule has 92 valence electrons. The number of rotatable bonds is 4. The van der Waals surface area contributed by atoms with Crippen molar-refractivity contribution in [3.05, 3.63) is 42.5 Å². The SMILES string of the molecule is C=C[C@H](c1cccc(OC)c1)N1CCNCC1. The summed E-state index contributed by atoms with van der Waals surface area (Å²) in [5.41, 5.74) is 1.25. The van der Waals surface area contributed by atoms with Crippen LogP contribution in [-0.4, -0.2) is 38.2 Å². The molecule has 1 saturated heterocycles. The van der Waals surface area contributed by atoms with E-state index in [9.17, 15) is 0 Å². The van der Waals surface area contributed by atoms with Crippen LogP contribution in [0.3, 0.4) is 0 Å². The fourth-order valence-corrected chi connectivity index (χ4v) is 2.28. The van der Waals surface area contributed by atoms with E-state index in [1.54, 1.807) is 7.11 Å². The standard InChI is InChI=1S/C14H20N2O/c1-3-14(16-9-7-15-8-10-16)12-5-4-6-13(11-12)17-2/h3-6,11,14-15H,1,7-10H2,2H3/t14-/m1/s1. The van der Waals surface area contributed by atoms with E-state index >= 15 is 0 Å². The van der Waals surface area contributed by atoms with Gasteiger partial charge in [-0.15, -0.1) is 6.58 Å². The largest absolute Gasteiger partial charge is 0.497 e. The molecule has 1 aliphatic rings. The summed E-state index contributed by atoms with van der Waals surface area (Å²) in [4.78, 5) is 2.44. The van der Waals surface area contributed by atoms with E-state index in [0.717, 1.165) is 31.9 Å². The zero-order chi connectivity index (χ0) is 12.1. The van der Waals surface area contributed by atoms with Crippen molar-refractivity contribution in [2.45, 2.75) is 6.04 Å². The van der Waals surface area contributed by atoms with E-state index in [1.807, 2.05) is 18.2 Å². The van der Waals surface area contributed by atoms with Gasteiger partial charge < -0.3 is 10.1 Å². The van der Waals surface area contributed by atoms with Gasteiger partial charge in [-0.3, -0.25) is 4.90 Å². The van der Waals surface area contributed by atoms with Gasteiger partial charge >= 0.3 is 0 Å². The molecule has 0 spiro atoms. The smallest absolute Gasteiger partial charge is 0.119 e. The number of ether oxygens (including phenoxy) is 1. The highest BCUT2D eigenvalue weighted by Crippen LogP contribution is 2.25. The quantitative estimate of drug-likeness (QED) is 0.802. The lowest BCUT2D eigenvalue weighted by atomic mass is 10.0. The van der Waals surface area contributed by atoms with Crippen LogP contribution in [-0.2, 0) is 0 Å². The van der Waals surface area contributed by atoms with E-state index in [1.165, 1.54) is 5.56 Å². The van der Waals surface area contributed by atoms with Gasteiger partial charge in [0.05, 0.1) is 13.2 Å². The summed E-state index contributed by atoms with van der Waals surface area (Å²) >= 11 is 0. The van der Waals surface area contributed by atoms with E-state index in [2.05, 4.69) is 28.9 Å². The average molecular weight is 232 g/mol. The topological polar surface area (TPSA) is 24.5 Å². The van der Waals surface area contributed by atoms with Gasteiger partial charge in [-0.05, 0) is 17.7 Å². The second kappa shape index (κ2) is 5.84. The summed E-state index contributed by atoms with van der Waals surface area (Å²) in [5.74, 6) is 0.907. The molecule has 3 nitrogen and oxygen atoms in total. The predicted octanol–water partition coefficient (Wildman–Crippen LogP) is 1.83. The summed E-state index contributed by atoms with van der Waals surface area (Å²) in [6, 6.07) is 8.52. The molecular formula is C14H20N2O. The fraction of sp³-hybridized carbons (Fsp3) is 0.429. The van der Waals surface area contributed by atoms with Crippen molar-refractivity contribution in [1.29, 1.82) is 0 Å². The molecule has 0 bridgehead atoms. The molecule has 3 heteroatoms. The summed E-state index contributed by atoms with van der Waals surface area (Å²) in [6.07, 6.45) is 2.01. The molecule has 0 aliphatic carbocycles. The minimum absolute atomic E-state index is 0.284. The van der Waals surface area contributed by atoms with Gasteiger partial charge in [-0.2, -0.15) is 0 Å². The molecule has 17 heavy (non-hydrogen) atoms. The van der Waals surface area contributed by atoms with Crippen molar-refractivity contribution in [1.82, 2.24) is 10.2 Å². The second-order valence-corrected chi connectivity index (χ2v) is 4.24. The van der Waals surface area contributed by atoms with Gasteiger partial charge in [0, 0.05) is 26.2 Å². The zero-order valence-corrected chi connectivity index (χ0v) is 10.4. The Labute approximate surface area is 103 Å². The number of nitrogens with zero attached hydrogens (tertiary/aromatic N) is 1. The maximum absolute atomic E-state index is 5.27. The Balaban J connectivity index is 2.18. The van der Waals surface area contributed by atoms with Crippen molar-refractivity contribution in [3.8, 4) is 5.75 Å². The lowest BCUT2D eigenvalue weighted by Crippen LogP contribution is -2.44. The highest BCUT2D eigenvalue weighted by Gasteiger charge is 2.19. The Morgan fingerprint density at radius 3 is 2.82 bits per heavy atom. The lowest BCUT2D eigenvalue weighted by Gasteiger charge is -2.33. The summed E-state index contributed by atoms with van der Waals surface area (Å²) in [7, 11) is 1.70. The number of hydrogen-bond acceptors (Lipinski definition) is 3. The monoisotopic (exact) mass is 232 g/mol. The van der Waals surface area contributed by atoms with E-state index in [-0.39, 0.29) is 6.04 Å². The third-order valence-corrected chi connectivity index (χ3v) is 3.20. The molecule has 1 fully saturated rings. The van der Waals surface area contributed by atoms with E-state index < -0.39 is 0 Å². The number of benzene rings is 1. The fourth-order valence-electron chi connectivity index (χ4n) is 2.28. The Hall–Kier alpha value is -1.32. The van der Waals surface area contributed by atoms with Crippen LogP contribution in [0.5, 0.6) is 5.75 Å². The van der Waals surface area contributed by atoms with Crippen LogP contribution in [0, 0.1) is 0 Å². The Morgan fingerprint density at radius 1 is 1.41 bits per heavy atom. The molecule has 1 aliphatic heterocycles. The van der Waals surface area contributed by atoms with Crippen LogP contribution in [0.15, 0.2) is 36.9 Å². The highest BCUT2D eigenvalue weighted by molar-refractivity contribution is 5.32. The van der Waals surface area contributed by atoms with Gasteiger partial charge in [0.2, 0.25) is 0 Å². The molecule has 2 rings (SSSR count). The van der Waals surface area contributed by atoms with Gasteiger partial charge in [-0.25, -0.2) is 0 Å². The lowest BCUT2D eigenvalue weighted by molar-refractivity contribution is 0.203. The molecule has 1 aromatic carbocycles. The zero-order valence-electron chi connectivity index (χ0n) is 10.4. The van der Waals surface area contributed by atoms with Crippen molar-refractivity contribution in [2.75, 3.05) is 33.3 Å². The van der Waals surface area contributed by atoms with Crippen LogP contribution in [0.25, 0.3) is 0 Å².